The van der Waals surface area contributed by atoms with Crippen LogP contribution in [0.1, 0.15) is 49.6 Å². The molecule has 2 heterocycles. The van der Waals surface area contributed by atoms with E-state index in [1.54, 1.807) is 16.4 Å². The van der Waals surface area contributed by atoms with Gasteiger partial charge in [0, 0.05) is 26.3 Å². The average molecular weight is 478 g/mol. The van der Waals surface area contributed by atoms with Crippen LogP contribution < -0.4 is 0 Å². The van der Waals surface area contributed by atoms with Gasteiger partial charge in [0.25, 0.3) is 0 Å². The van der Waals surface area contributed by atoms with Gasteiger partial charge in [0.1, 0.15) is 0 Å². The minimum atomic E-state index is -3.56. The number of aromatic nitrogens is 2. The molecule has 0 amide bonds. The van der Waals surface area contributed by atoms with Gasteiger partial charge in [-0.15, -0.1) is 0 Å². The Kier molecular flexibility index (Phi) is 5.72. The van der Waals surface area contributed by atoms with Gasteiger partial charge < -0.3 is 0 Å². The molecule has 2 aromatic carbocycles. The van der Waals surface area contributed by atoms with Gasteiger partial charge in [-0.2, -0.15) is 9.40 Å². The smallest absolute Gasteiger partial charge is 0.243 e. The zero-order valence-electron chi connectivity index (χ0n) is 20.7. The van der Waals surface area contributed by atoms with Gasteiger partial charge in [0.05, 0.1) is 10.6 Å². The van der Waals surface area contributed by atoms with E-state index in [1.807, 2.05) is 29.9 Å². The quantitative estimate of drug-likeness (QED) is 0.545. The minimum absolute atomic E-state index is 0.0100. The van der Waals surface area contributed by atoms with Crippen molar-refractivity contribution in [3.63, 3.8) is 0 Å². The normalized spacial score (nSPS) is 23.4. The number of benzene rings is 2. The van der Waals surface area contributed by atoms with Crippen molar-refractivity contribution in [3.05, 3.63) is 83.2 Å². The Bertz CT molecular complexity index is 1270. The third-order valence-electron chi connectivity index (χ3n) is 7.82. The second kappa shape index (κ2) is 8.35. The van der Waals surface area contributed by atoms with Gasteiger partial charge >= 0.3 is 0 Å². The van der Waals surface area contributed by atoms with Crippen LogP contribution in [0.15, 0.2) is 65.7 Å². The number of hydrogen-bond acceptors (Lipinski definition) is 3. The molecule has 5 rings (SSSR count). The molecule has 0 saturated carbocycles. The highest BCUT2D eigenvalue weighted by molar-refractivity contribution is 7.89. The summed E-state index contributed by atoms with van der Waals surface area (Å²) in [5.41, 5.74) is 4.72. The van der Waals surface area contributed by atoms with Crippen molar-refractivity contribution in [1.29, 1.82) is 0 Å². The maximum atomic E-state index is 13.8. The topological polar surface area (TPSA) is 55.2 Å². The second-order valence-electron chi connectivity index (χ2n) is 11.3. The van der Waals surface area contributed by atoms with E-state index in [0.29, 0.717) is 23.9 Å². The summed E-state index contributed by atoms with van der Waals surface area (Å²) in [5, 5.41) is 4.71. The lowest BCUT2D eigenvalue weighted by Crippen LogP contribution is -2.54. The lowest BCUT2D eigenvalue weighted by molar-refractivity contribution is 0.0563. The summed E-state index contributed by atoms with van der Waals surface area (Å²) < 4.78 is 31.2. The zero-order valence-corrected chi connectivity index (χ0v) is 21.5. The minimum Gasteiger partial charge on any atom is -0.275 e. The summed E-state index contributed by atoms with van der Waals surface area (Å²) >= 11 is 0. The molecule has 1 fully saturated rings. The molecule has 0 bridgehead atoms. The maximum absolute atomic E-state index is 13.8. The first-order valence-electron chi connectivity index (χ1n) is 12.2. The van der Waals surface area contributed by atoms with E-state index in [4.69, 9.17) is 5.10 Å². The molecule has 1 aliphatic carbocycles. The van der Waals surface area contributed by atoms with Gasteiger partial charge in [-0.3, -0.25) is 4.68 Å². The molecule has 2 atom stereocenters. The molecule has 3 aromatic rings. The van der Waals surface area contributed by atoms with Crippen LogP contribution in [0, 0.1) is 11.3 Å². The highest BCUT2D eigenvalue weighted by Gasteiger charge is 2.49. The molecule has 180 valence electrons. The number of piperidine rings is 1. The lowest BCUT2D eigenvalue weighted by Gasteiger charge is -2.50. The Labute approximate surface area is 203 Å². The number of nitrogens with zero attached hydrogens (tertiary/aromatic N) is 3. The third kappa shape index (κ3) is 4.22. The highest BCUT2D eigenvalue weighted by Crippen LogP contribution is 2.48. The SMILES string of the molecule is Cn1cc2c(n1)CC1CCN(S(=O)(=O)c3ccc(C(C)(C)C)cc3)CC1(Cc1ccccc1)C2. The van der Waals surface area contributed by atoms with Crippen LogP contribution >= 0.6 is 0 Å². The fourth-order valence-corrected chi connectivity index (χ4v) is 7.50. The van der Waals surface area contributed by atoms with Gasteiger partial charge in [-0.25, -0.2) is 8.42 Å². The Morgan fingerprint density at radius 1 is 1.06 bits per heavy atom. The molecule has 0 spiro atoms. The summed E-state index contributed by atoms with van der Waals surface area (Å²) in [5.74, 6) is 0.421. The fraction of sp³-hybridized carbons (Fsp3) is 0.464. The van der Waals surface area contributed by atoms with Crippen molar-refractivity contribution < 1.29 is 8.42 Å². The van der Waals surface area contributed by atoms with Crippen LogP contribution in [0.4, 0.5) is 0 Å². The van der Waals surface area contributed by atoms with E-state index in [-0.39, 0.29) is 10.8 Å². The standard InChI is InChI=1S/C28H35N3O2S/c1-27(2,3)23-10-12-25(13-11-23)34(32,33)31-15-14-24-16-26-22(19-30(4)29-26)18-28(24,20-31)17-21-8-6-5-7-9-21/h5-13,19,24H,14-18,20H2,1-4H3. The molecule has 0 N–H and O–H groups in total. The van der Waals surface area contributed by atoms with Gasteiger partial charge in [-0.1, -0.05) is 63.2 Å². The predicted octanol–water partition coefficient (Wildman–Crippen LogP) is 4.76. The first-order chi connectivity index (χ1) is 16.1. The Morgan fingerprint density at radius 2 is 1.76 bits per heavy atom. The number of aryl methyl sites for hydroxylation is 1. The van der Waals surface area contributed by atoms with E-state index < -0.39 is 10.0 Å². The van der Waals surface area contributed by atoms with Crippen LogP contribution in [-0.2, 0) is 41.7 Å². The molecular formula is C28H35N3O2S. The second-order valence-corrected chi connectivity index (χ2v) is 13.2. The Balaban J connectivity index is 1.49. The zero-order chi connectivity index (χ0) is 24.1. The van der Waals surface area contributed by atoms with Crippen LogP contribution in [0.2, 0.25) is 0 Å². The van der Waals surface area contributed by atoms with Crippen LogP contribution in [0.25, 0.3) is 0 Å². The van der Waals surface area contributed by atoms with Crippen LogP contribution in [0.3, 0.4) is 0 Å². The summed E-state index contributed by atoms with van der Waals surface area (Å²) in [6.07, 6.45) is 5.66. The van der Waals surface area contributed by atoms with Crippen molar-refractivity contribution >= 4 is 10.0 Å². The number of fused-ring (bicyclic) bond motifs is 2. The molecule has 6 heteroatoms. The third-order valence-corrected chi connectivity index (χ3v) is 9.67. The average Bonchev–Trinajstić information content (AvgIpc) is 3.15. The van der Waals surface area contributed by atoms with Crippen molar-refractivity contribution in [2.24, 2.45) is 18.4 Å². The van der Waals surface area contributed by atoms with Gasteiger partial charge in [0.2, 0.25) is 10.0 Å². The number of hydrogen-bond donors (Lipinski definition) is 0. The van der Waals surface area contributed by atoms with Crippen molar-refractivity contribution in [1.82, 2.24) is 14.1 Å². The van der Waals surface area contributed by atoms with E-state index in [2.05, 4.69) is 51.2 Å². The van der Waals surface area contributed by atoms with E-state index in [0.717, 1.165) is 31.2 Å². The molecular weight excluding hydrogens is 442 g/mol. The van der Waals surface area contributed by atoms with Crippen LogP contribution in [-0.4, -0.2) is 35.6 Å². The predicted molar refractivity (Wildman–Crippen MR) is 135 cm³/mol. The van der Waals surface area contributed by atoms with E-state index >= 15 is 0 Å². The monoisotopic (exact) mass is 477 g/mol. The Hall–Kier alpha value is -2.44. The van der Waals surface area contributed by atoms with Gasteiger partial charge in [0.15, 0.2) is 0 Å². The first kappa shape index (κ1) is 23.3. The largest absolute Gasteiger partial charge is 0.275 e. The molecule has 5 nitrogen and oxygen atoms in total. The first-order valence-corrected chi connectivity index (χ1v) is 13.7. The van der Waals surface area contributed by atoms with Gasteiger partial charge in [-0.05, 0) is 71.3 Å². The fourth-order valence-electron chi connectivity index (χ4n) is 5.95. The summed E-state index contributed by atoms with van der Waals surface area (Å²) in [6.45, 7) is 7.54. The molecule has 2 aliphatic rings. The Morgan fingerprint density at radius 3 is 2.44 bits per heavy atom. The van der Waals surface area contributed by atoms with Crippen LogP contribution in [0.5, 0.6) is 0 Å². The molecule has 1 aromatic heterocycles. The molecule has 1 aliphatic heterocycles. The molecule has 1 saturated heterocycles. The van der Waals surface area contributed by atoms with Crippen molar-refractivity contribution in [3.8, 4) is 0 Å². The summed E-state index contributed by atoms with van der Waals surface area (Å²) in [4.78, 5) is 0.395. The molecule has 0 radical (unpaired) electrons. The number of sulfonamides is 1. The van der Waals surface area contributed by atoms with E-state index in [1.165, 1.54) is 16.8 Å². The lowest BCUT2D eigenvalue weighted by atomic mass is 9.60. The maximum Gasteiger partial charge on any atom is 0.243 e. The number of rotatable bonds is 4. The highest BCUT2D eigenvalue weighted by atomic mass is 32.2. The molecule has 2 unspecified atom stereocenters. The molecule has 34 heavy (non-hydrogen) atoms. The van der Waals surface area contributed by atoms with Crippen molar-refractivity contribution in [2.45, 2.75) is 56.8 Å². The summed E-state index contributed by atoms with van der Waals surface area (Å²) in [7, 11) is -1.59. The van der Waals surface area contributed by atoms with E-state index in [9.17, 15) is 8.42 Å². The summed E-state index contributed by atoms with van der Waals surface area (Å²) in [6, 6.07) is 18.0. The van der Waals surface area contributed by atoms with Crippen molar-refractivity contribution in [2.75, 3.05) is 13.1 Å².